The van der Waals surface area contributed by atoms with Crippen molar-refractivity contribution in [3.8, 4) is 0 Å². The number of carboxylic acids is 1. The summed E-state index contributed by atoms with van der Waals surface area (Å²) >= 11 is 0. The molecular weight excluding hydrogens is 310 g/mol. The number of benzene rings is 1. The van der Waals surface area contributed by atoms with Crippen molar-refractivity contribution in [2.45, 2.75) is 39.5 Å². The number of alkyl carbamates (subject to hydrolysis) is 1. The van der Waals surface area contributed by atoms with Crippen molar-refractivity contribution in [2.75, 3.05) is 0 Å². The molecule has 0 aliphatic rings. The molecule has 0 aliphatic heterocycles. The van der Waals surface area contributed by atoms with Crippen LogP contribution in [0.3, 0.4) is 0 Å². The van der Waals surface area contributed by atoms with E-state index in [0.717, 1.165) is 17.0 Å². The molecule has 2 N–H and O–H groups in total. The lowest BCUT2D eigenvalue weighted by molar-refractivity contribution is -0.144. The normalized spacial score (nSPS) is 13.1. The molecule has 0 aliphatic carbocycles. The minimum Gasteiger partial charge on any atom is -0.479 e. The van der Waals surface area contributed by atoms with Gasteiger partial charge in [0.2, 0.25) is 0 Å². The third kappa shape index (κ3) is 4.34. The van der Waals surface area contributed by atoms with Gasteiger partial charge in [0.05, 0.1) is 12.2 Å². The molecule has 1 aromatic carbocycles. The first-order chi connectivity index (χ1) is 11.3. The van der Waals surface area contributed by atoms with Gasteiger partial charge in [-0.05, 0) is 32.4 Å². The molecule has 0 saturated carbocycles. The summed E-state index contributed by atoms with van der Waals surface area (Å²) in [7, 11) is 0. The van der Waals surface area contributed by atoms with E-state index in [9.17, 15) is 14.7 Å². The van der Waals surface area contributed by atoms with Crippen LogP contribution in [0.1, 0.15) is 23.9 Å². The maximum Gasteiger partial charge on any atom is 0.408 e. The summed E-state index contributed by atoms with van der Waals surface area (Å²) in [5, 5.41) is 16.2. The summed E-state index contributed by atoms with van der Waals surface area (Å²) in [5.41, 5.74) is 0.895. The smallest absolute Gasteiger partial charge is 0.408 e. The molecule has 1 heterocycles. The molecule has 0 saturated heterocycles. The molecule has 0 fully saturated rings. The zero-order valence-electron chi connectivity index (χ0n) is 13.9. The second-order valence-electron chi connectivity index (χ2n) is 5.91. The second-order valence-corrected chi connectivity index (χ2v) is 5.91. The predicted molar refractivity (Wildman–Crippen MR) is 87.5 cm³/mol. The largest absolute Gasteiger partial charge is 0.479 e. The summed E-state index contributed by atoms with van der Waals surface area (Å²) in [4.78, 5) is 23.6. The lowest BCUT2D eigenvalue weighted by Crippen LogP contribution is -2.55. The van der Waals surface area contributed by atoms with Gasteiger partial charge in [-0.3, -0.25) is 4.68 Å². The molecule has 7 nitrogen and oxygen atoms in total. The van der Waals surface area contributed by atoms with Gasteiger partial charge in [0.15, 0.2) is 5.54 Å². The van der Waals surface area contributed by atoms with Crippen LogP contribution in [-0.4, -0.2) is 32.5 Å². The van der Waals surface area contributed by atoms with Crippen LogP contribution in [0.25, 0.3) is 0 Å². The van der Waals surface area contributed by atoms with E-state index in [-0.39, 0.29) is 13.2 Å². The van der Waals surface area contributed by atoms with E-state index < -0.39 is 17.6 Å². The number of nitrogens with one attached hydrogen (secondary N) is 1. The number of carbonyl (C=O) groups excluding carboxylic acids is 1. The van der Waals surface area contributed by atoms with Crippen molar-refractivity contribution in [1.29, 1.82) is 0 Å². The topological polar surface area (TPSA) is 93.5 Å². The van der Waals surface area contributed by atoms with E-state index in [2.05, 4.69) is 10.4 Å². The number of rotatable bonds is 6. The average molecular weight is 331 g/mol. The highest BCUT2D eigenvalue weighted by atomic mass is 16.5. The lowest BCUT2D eigenvalue weighted by atomic mass is 10.0. The maximum absolute atomic E-state index is 12.0. The number of hydrogen-bond donors (Lipinski definition) is 2. The highest BCUT2D eigenvalue weighted by molar-refractivity contribution is 5.83. The number of hydrogen-bond acceptors (Lipinski definition) is 4. The van der Waals surface area contributed by atoms with Crippen molar-refractivity contribution in [3.63, 3.8) is 0 Å². The van der Waals surface area contributed by atoms with E-state index in [4.69, 9.17) is 4.74 Å². The molecule has 1 atom stereocenters. The van der Waals surface area contributed by atoms with E-state index >= 15 is 0 Å². The predicted octanol–water partition coefficient (Wildman–Crippen LogP) is 2.27. The van der Waals surface area contributed by atoms with Crippen LogP contribution < -0.4 is 5.32 Å². The first-order valence-corrected chi connectivity index (χ1v) is 7.53. The Kier molecular flexibility index (Phi) is 5.23. The first kappa shape index (κ1) is 17.5. The van der Waals surface area contributed by atoms with Gasteiger partial charge in [-0.2, -0.15) is 5.10 Å². The fourth-order valence-corrected chi connectivity index (χ4v) is 2.28. The number of aromatic nitrogens is 2. The third-order valence-corrected chi connectivity index (χ3v) is 3.63. The minimum atomic E-state index is -1.53. The molecule has 128 valence electrons. The molecule has 7 heteroatoms. The van der Waals surface area contributed by atoms with Crippen molar-refractivity contribution in [1.82, 2.24) is 15.1 Å². The SMILES string of the molecule is Cc1cc(C)n(CC(C)(NC(=O)OCc2ccccc2)C(=O)O)n1. The summed E-state index contributed by atoms with van der Waals surface area (Å²) in [5.74, 6) is -1.16. The van der Waals surface area contributed by atoms with Gasteiger partial charge in [-0.15, -0.1) is 0 Å². The van der Waals surface area contributed by atoms with Gasteiger partial charge < -0.3 is 15.2 Å². The van der Waals surface area contributed by atoms with Crippen LogP contribution in [0.4, 0.5) is 4.79 Å². The zero-order chi connectivity index (χ0) is 17.7. The van der Waals surface area contributed by atoms with Crippen LogP contribution in [0.15, 0.2) is 36.4 Å². The molecule has 0 spiro atoms. The average Bonchev–Trinajstić information content (AvgIpc) is 2.83. The van der Waals surface area contributed by atoms with Crippen molar-refractivity contribution in [2.24, 2.45) is 0 Å². The highest BCUT2D eigenvalue weighted by Crippen LogP contribution is 2.12. The molecule has 2 rings (SSSR count). The molecule has 0 radical (unpaired) electrons. The zero-order valence-corrected chi connectivity index (χ0v) is 13.9. The van der Waals surface area contributed by atoms with Gasteiger partial charge in [0.1, 0.15) is 6.61 Å². The minimum absolute atomic E-state index is 0.00242. The quantitative estimate of drug-likeness (QED) is 0.847. The summed E-state index contributed by atoms with van der Waals surface area (Å²) in [6.45, 7) is 5.15. The fourth-order valence-electron chi connectivity index (χ4n) is 2.28. The molecule has 2 aromatic rings. The Morgan fingerprint density at radius 1 is 1.29 bits per heavy atom. The van der Waals surface area contributed by atoms with Crippen LogP contribution in [0, 0.1) is 13.8 Å². The monoisotopic (exact) mass is 331 g/mol. The van der Waals surface area contributed by atoms with Crippen molar-refractivity contribution >= 4 is 12.1 Å². The molecular formula is C17H21N3O4. The van der Waals surface area contributed by atoms with Gasteiger partial charge in [0, 0.05) is 5.69 Å². The van der Waals surface area contributed by atoms with Gasteiger partial charge >= 0.3 is 12.1 Å². The number of amides is 1. The first-order valence-electron chi connectivity index (χ1n) is 7.53. The molecule has 24 heavy (non-hydrogen) atoms. The van der Waals surface area contributed by atoms with E-state index in [1.807, 2.05) is 50.2 Å². The number of carbonyl (C=O) groups is 2. The number of aliphatic carboxylic acids is 1. The van der Waals surface area contributed by atoms with Crippen molar-refractivity contribution in [3.05, 3.63) is 53.3 Å². The van der Waals surface area contributed by atoms with E-state index in [0.29, 0.717) is 0 Å². The van der Waals surface area contributed by atoms with Crippen molar-refractivity contribution < 1.29 is 19.4 Å². The lowest BCUT2D eigenvalue weighted by Gasteiger charge is -2.26. The molecule has 0 bridgehead atoms. The number of carboxylic acid groups (broad SMARTS) is 1. The summed E-state index contributed by atoms with van der Waals surface area (Å²) in [6.07, 6.45) is -0.787. The van der Waals surface area contributed by atoms with Crippen LogP contribution in [0.2, 0.25) is 0 Å². The van der Waals surface area contributed by atoms with Gasteiger partial charge in [0.25, 0.3) is 0 Å². The Labute approximate surface area is 140 Å². The Morgan fingerprint density at radius 3 is 2.50 bits per heavy atom. The summed E-state index contributed by atoms with van der Waals surface area (Å²) < 4.78 is 6.66. The van der Waals surface area contributed by atoms with Crippen LogP contribution >= 0.6 is 0 Å². The fraction of sp³-hybridized carbons (Fsp3) is 0.353. The third-order valence-electron chi connectivity index (χ3n) is 3.63. The maximum atomic E-state index is 12.0. The Morgan fingerprint density at radius 2 is 1.96 bits per heavy atom. The Bertz CT molecular complexity index is 727. The summed E-state index contributed by atoms with van der Waals surface area (Å²) in [6, 6.07) is 11.0. The Balaban J connectivity index is 2.02. The number of nitrogens with zero attached hydrogens (tertiary/aromatic N) is 2. The van der Waals surface area contributed by atoms with Crippen LogP contribution in [-0.2, 0) is 22.7 Å². The van der Waals surface area contributed by atoms with E-state index in [1.165, 1.54) is 6.92 Å². The van der Waals surface area contributed by atoms with Gasteiger partial charge in [-0.25, -0.2) is 9.59 Å². The number of aryl methyl sites for hydroxylation is 2. The molecule has 1 amide bonds. The second kappa shape index (κ2) is 7.16. The standard InChI is InChI=1S/C17H21N3O4/c1-12-9-13(2)20(19-12)11-17(3,15(21)22)18-16(23)24-10-14-7-5-4-6-8-14/h4-9H,10-11H2,1-3H3,(H,18,23)(H,21,22). The molecule has 1 unspecified atom stereocenters. The molecule has 1 aromatic heterocycles. The van der Waals surface area contributed by atoms with Gasteiger partial charge in [-0.1, -0.05) is 30.3 Å². The van der Waals surface area contributed by atoms with Crippen LogP contribution in [0.5, 0.6) is 0 Å². The number of ether oxygens (including phenoxy) is 1. The highest BCUT2D eigenvalue weighted by Gasteiger charge is 2.36. The van der Waals surface area contributed by atoms with E-state index in [1.54, 1.807) is 4.68 Å². The Hall–Kier alpha value is -2.83.